The van der Waals surface area contributed by atoms with Gasteiger partial charge in [-0.25, -0.2) is 4.68 Å². The highest BCUT2D eigenvalue weighted by atomic mass is 32.2. The number of halogens is 3. The van der Waals surface area contributed by atoms with Gasteiger partial charge in [0.25, 0.3) is 0 Å². The lowest BCUT2D eigenvalue weighted by atomic mass is 10.1. The maximum Gasteiger partial charge on any atom is 0.408 e. The molecule has 0 radical (unpaired) electrons. The second kappa shape index (κ2) is 7.95. The number of hydrogen-bond donors (Lipinski definition) is 0. The number of benzene rings is 1. The SMILES string of the molecule is CSc1ccc(-c2cnn(CC(F)(F)F)c(=O)c2OCC(C)C)cc1. The van der Waals surface area contributed by atoms with Crippen LogP contribution in [0.2, 0.25) is 0 Å². The molecule has 2 aromatic rings. The molecule has 1 aromatic heterocycles. The molecule has 0 spiro atoms. The molecule has 2 rings (SSSR count). The highest BCUT2D eigenvalue weighted by Gasteiger charge is 2.30. The van der Waals surface area contributed by atoms with Crippen LogP contribution in [0.1, 0.15) is 13.8 Å². The van der Waals surface area contributed by atoms with E-state index in [1.807, 2.05) is 32.2 Å². The van der Waals surface area contributed by atoms with Gasteiger partial charge < -0.3 is 4.74 Å². The lowest BCUT2D eigenvalue weighted by Crippen LogP contribution is -2.31. The molecule has 4 nitrogen and oxygen atoms in total. The minimum atomic E-state index is -4.53. The van der Waals surface area contributed by atoms with Crippen LogP contribution in [-0.2, 0) is 6.54 Å². The quantitative estimate of drug-likeness (QED) is 0.712. The van der Waals surface area contributed by atoms with Crippen LogP contribution in [0.4, 0.5) is 13.2 Å². The molecule has 25 heavy (non-hydrogen) atoms. The minimum Gasteiger partial charge on any atom is -0.487 e. The van der Waals surface area contributed by atoms with Gasteiger partial charge in [0.05, 0.1) is 12.8 Å². The predicted octanol–water partition coefficient (Wildman–Crippen LogP) is 4.23. The molecule has 0 aliphatic carbocycles. The molecule has 1 heterocycles. The number of ether oxygens (including phenoxy) is 1. The summed E-state index contributed by atoms with van der Waals surface area (Å²) >= 11 is 1.57. The Morgan fingerprint density at radius 1 is 1.24 bits per heavy atom. The van der Waals surface area contributed by atoms with E-state index in [-0.39, 0.29) is 18.3 Å². The maximum absolute atomic E-state index is 12.6. The van der Waals surface area contributed by atoms with Gasteiger partial charge in [-0.1, -0.05) is 26.0 Å². The third-order valence-corrected chi connectivity index (χ3v) is 4.03. The Morgan fingerprint density at radius 2 is 1.88 bits per heavy atom. The summed E-state index contributed by atoms with van der Waals surface area (Å²) in [6.45, 7) is 2.56. The molecule has 0 unspecified atom stereocenters. The summed E-state index contributed by atoms with van der Waals surface area (Å²) in [5.74, 6) is 0.0141. The van der Waals surface area contributed by atoms with Crippen LogP contribution in [0.25, 0.3) is 11.1 Å². The zero-order valence-corrected chi connectivity index (χ0v) is 14.9. The summed E-state index contributed by atoms with van der Waals surface area (Å²) in [6.07, 6.45) is -1.35. The number of aromatic nitrogens is 2. The second-order valence-corrected chi connectivity index (χ2v) is 6.78. The van der Waals surface area contributed by atoms with E-state index in [4.69, 9.17) is 4.74 Å². The fourth-order valence-corrected chi connectivity index (χ4v) is 2.53. The van der Waals surface area contributed by atoms with Crippen molar-refractivity contribution in [3.8, 4) is 16.9 Å². The Hall–Kier alpha value is -1.96. The van der Waals surface area contributed by atoms with E-state index < -0.39 is 18.3 Å². The van der Waals surface area contributed by atoms with Crippen LogP contribution in [0, 0.1) is 5.92 Å². The molecular weight excluding hydrogens is 353 g/mol. The Labute approximate surface area is 148 Å². The van der Waals surface area contributed by atoms with Gasteiger partial charge in [-0.05, 0) is 29.9 Å². The monoisotopic (exact) mass is 372 g/mol. The highest BCUT2D eigenvalue weighted by Crippen LogP contribution is 2.29. The van der Waals surface area contributed by atoms with E-state index in [9.17, 15) is 18.0 Å². The third-order valence-electron chi connectivity index (χ3n) is 3.29. The average Bonchev–Trinajstić information content (AvgIpc) is 2.54. The molecule has 0 saturated heterocycles. The van der Waals surface area contributed by atoms with Gasteiger partial charge in [0.15, 0.2) is 5.75 Å². The van der Waals surface area contributed by atoms with Crippen molar-refractivity contribution in [2.24, 2.45) is 5.92 Å². The summed E-state index contributed by atoms with van der Waals surface area (Å²) in [4.78, 5) is 13.5. The Kier molecular flexibility index (Phi) is 6.16. The van der Waals surface area contributed by atoms with Gasteiger partial charge in [0.1, 0.15) is 6.54 Å². The first kappa shape index (κ1) is 19.4. The zero-order valence-electron chi connectivity index (χ0n) is 14.1. The van der Waals surface area contributed by atoms with Crippen LogP contribution in [0.3, 0.4) is 0 Å². The molecule has 0 bridgehead atoms. The van der Waals surface area contributed by atoms with Crippen molar-refractivity contribution in [2.75, 3.05) is 12.9 Å². The van der Waals surface area contributed by atoms with Crippen LogP contribution >= 0.6 is 11.8 Å². The first-order chi connectivity index (χ1) is 11.7. The Balaban J connectivity index is 2.50. The summed E-state index contributed by atoms with van der Waals surface area (Å²) in [7, 11) is 0. The number of rotatable bonds is 6. The first-order valence-corrected chi connectivity index (χ1v) is 8.88. The van der Waals surface area contributed by atoms with Gasteiger partial charge in [0, 0.05) is 10.5 Å². The molecule has 0 atom stereocenters. The van der Waals surface area contributed by atoms with Gasteiger partial charge >= 0.3 is 11.7 Å². The summed E-state index contributed by atoms with van der Waals surface area (Å²) in [5.41, 5.74) is 0.168. The maximum atomic E-state index is 12.6. The number of nitrogens with zero attached hydrogens (tertiary/aromatic N) is 2. The van der Waals surface area contributed by atoms with Gasteiger partial charge in [0.2, 0.25) is 0 Å². The number of thioether (sulfide) groups is 1. The third kappa shape index (κ3) is 5.26. The fraction of sp³-hybridized carbons (Fsp3) is 0.412. The van der Waals surface area contributed by atoms with Gasteiger partial charge in [-0.3, -0.25) is 4.79 Å². The lowest BCUT2D eigenvalue weighted by molar-refractivity contribution is -0.143. The van der Waals surface area contributed by atoms with E-state index in [0.717, 1.165) is 4.90 Å². The molecule has 0 fully saturated rings. The molecule has 136 valence electrons. The standard InChI is InChI=1S/C17H19F3N2O2S/c1-11(2)9-24-15-14(12-4-6-13(25-3)7-5-12)8-21-22(16(15)23)10-17(18,19)20/h4-8,11H,9-10H2,1-3H3. The van der Waals surface area contributed by atoms with Gasteiger partial charge in [-0.2, -0.15) is 18.3 Å². The van der Waals surface area contributed by atoms with Crippen LogP contribution in [0.5, 0.6) is 5.75 Å². The van der Waals surface area contributed by atoms with Crippen LogP contribution in [-0.4, -0.2) is 28.8 Å². The van der Waals surface area contributed by atoms with Crippen molar-refractivity contribution in [3.05, 3.63) is 40.8 Å². The van der Waals surface area contributed by atoms with E-state index in [0.29, 0.717) is 15.8 Å². The summed E-state index contributed by atoms with van der Waals surface area (Å²) in [5, 5.41) is 3.67. The average molecular weight is 372 g/mol. The number of hydrogen-bond acceptors (Lipinski definition) is 4. The van der Waals surface area contributed by atoms with E-state index in [2.05, 4.69) is 5.10 Å². The largest absolute Gasteiger partial charge is 0.487 e. The Morgan fingerprint density at radius 3 is 2.40 bits per heavy atom. The highest BCUT2D eigenvalue weighted by molar-refractivity contribution is 7.98. The molecular formula is C17H19F3N2O2S. The van der Waals surface area contributed by atoms with Gasteiger partial charge in [-0.15, -0.1) is 11.8 Å². The summed E-state index contributed by atoms with van der Waals surface area (Å²) in [6, 6.07) is 7.32. The molecule has 0 aliphatic rings. The van der Waals surface area contributed by atoms with Crippen molar-refractivity contribution in [1.29, 1.82) is 0 Å². The number of alkyl halides is 3. The van der Waals surface area contributed by atoms with E-state index in [1.54, 1.807) is 23.9 Å². The molecule has 1 aromatic carbocycles. The fourth-order valence-electron chi connectivity index (χ4n) is 2.12. The van der Waals surface area contributed by atoms with Crippen molar-refractivity contribution in [2.45, 2.75) is 31.5 Å². The zero-order chi connectivity index (χ0) is 18.6. The van der Waals surface area contributed by atoms with Crippen molar-refractivity contribution >= 4 is 11.8 Å². The van der Waals surface area contributed by atoms with Crippen LogP contribution < -0.4 is 10.3 Å². The predicted molar refractivity (Wildman–Crippen MR) is 92.1 cm³/mol. The smallest absolute Gasteiger partial charge is 0.408 e. The summed E-state index contributed by atoms with van der Waals surface area (Å²) < 4.78 is 43.8. The van der Waals surface area contributed by atoms with Crippen molar-refractivity contribution in [3.63, 3.8) is 0 Å². The minimum absolute atomic E-state index is 0.107. The topological polar surface area (TPSA) is 44.1 Å². The second-order valence-electron chi connectivity index (χ2n) is 5.90. The first-order valence-electron chi connectivity index (χ1n) is 7.65. The molecule has 0 amide bonds. The van der Waals surface area contributed by atoms with Crippen LogP contribution in [0.15, 0.2) is 40.2 Å². The molecule has 0 N–H and O–H groups in total. The lowest BCUT2D eigenvalue weighted by Gasteiger charge is -2.15. The van der Waals surface area contributed by atoms with E-state index >= 15 is 0 Å². The van der Waals surface area contributed by atoms with Crippen molar-refractivity contribution < 1.29 is 17.9 Å². The molecule has 8 heteroatoms. The molecule has 0 aliphatic heterocycles. The Bertz CT molecular complexity index is 771. The van der Waals surface area contributed by atoms with Crippen molar-refractivity contribution in [1.82, 2.24) is 9.78 Å². The normalized spacial score (nSPS) is 11.8. The molecule has 0 saturated carbocycles. The van der Waals surface area contributed by atoms with E-state index in [1.165, 1.54) is 6.20 Å².